The second kappa shape index (κ2) is 3.43. The molecule has 0 aliphatic carbocycles. The molecule has 0 bridgehead atoms. The van der Waals surface area contributed by atoms with Gasteiger partial charge in [-0.1, -0.05) is 0 Å². The maximum atomic E-state index is 11.1. The zero-order chi connectivity index (χ0) is 12.0. The summed E-state index contributed by atoms with van der Waals surface area (Å²) in [5.74, 6) is -1.71. The Labute approximate surface area is 89.8 Å². The summed E-state index contributed by atoms with van der Waals surface area (Å²) in [7, 11) is 0. The number of nitrogens with two attached hydrogens (primary N) is 1. The molecule has 5 heteroatoms. The van der Waals surface area contributed by atoms with E-state index in [2.05, 4.69) is 0 Å². The average Bonchev–Trinajstić information content (AvgIpc) is 1.98. The molecule has 88 valence electrons. The number of hydrogen-bond acceptors (Lipinski definition) is 4. The van der Waals surface area contributed by atoms with Crippen LogP contribution in [0.25, 0.3) is 0 Å². The number of aliphatic carboxylic acids is 1. The standard InChI is InChI=1S/C10H20N2O3/c1-9(2)5-6(11)7(8(13)14)10(3,4)12(9)15/h6-7,15H,5,11H2,1-4H3,(H,13,14)/t6-,7+/m1/s1. The van der Waals surface area contributed by atoms with Gasteiger partial charge in [-0.3, -0.25) is 4.79 Å². The third-order valence-electron chi connectivity index (χ3n) is 3.31. The summed E-state index contributed by atoms with van der Waals surface area (Å²) in [6.07, 6.45) is 0.462. The van der Waals surface area contributed by atoms with E-state index in [1.807, 2.05) is 13.8 Å². The van der Waals surface area contributed by atoms with Crippen LogP contribution in [0.1, 0.15) is 34.1 Å². The predicted octanol–water partition coefficient (Wildman–Crippen LogP) is 0.667. The van der Waals surface area contributed by atoms with Gasteiger partial charge >= 0.3 is 5.97 Å². The number of piperidine rings is 1. The summed E-state index contributed by atoms with van der Waals surface area (Å²) in [6, 6.07) is -0.434. The van der Waals surface area contributed by atoms with Crippen LogP contribution in [0.5, 0.6) is 0 Å². The number of carboxylic acids is 1. The minimum Gasteiger partial charge on any atom is -0.481 e. The first-order valence-electron chi connectivity index (χ1n) is 5.08. The van der Waals surface area contributed by atoms with E-state index in [4.69, 9.17) is 10.8 Å². The molecule has 1 aliphatic rings. The number of carboxylic acid groups (broad SMARTS) is 1. The van der Waals surface area contributed by atoms with Gasteiger partial charge in [-0.2, -0.15) is 5.06 Å². The first kappa shape index (κ1) is 12.4. The largest absolute Gasteiger partial charge is 0.481 e. The summed E-state index contributed by atoms with van der Waals surface area (Å²) >= 11 is 0. The number of hydroxylamine groups is 2. The third kappa shape index (κ3) is 1.87. The molecule has 2 atom stereocenters. The van der Waals surface area contributed by atoms with Crippen molar-refractivity contribution in [2.75, 3.05) is 0 Å². The first-order valence-corrected chi connectivity index (χ1v) is 5.08. The van der Waals surface area contributed by atoms with Gasteiger partial charge in [-0.15, -0.1) is 0 Å². The lowest BCUT2D eigenvalue weighted by Crippen LogP contribution is -2.68. The number of rotatable bonds is 1. The summed E-state index contributed by atoms with van der Waals surface area (Å²) in [5.41, 5.74) is 4.53. The molecule has 0 amide bonds. The molecular weight excluding hydrogens is 196 g/mol. The minimum atomic E-state index is -0.956. The van der Waals surface area contributed by atoms with Crippen LogP contribution in [0.4, 0.5) is 0 Å². The fraction of sp³-hybridized carbons (Fsp3) is 0.900. The molecule has 0 aromatic rings. The van der Waals surface area contributed by atoms with Crippen molar-refractivity contribution in [3.63, 3.8) is 0 Å². The van der Waals surface area contributed by atoms with E-state index in [0.717, 1.165) is 5.06 Å². The van der Waals surface area contributed by atoms with E-state index in [1.54, 1.807) is 13.8 Å². The van der Waals surface area contributed by atoms with Crippen LogP contribution in [0, 0.1) is 5.92 Å². The molecule has 5 nitrogen and oxygen atoms in total. The fourth-order valence-electron chi connectivity index (χ4n) is 2.70. The Morgan fingerprint density at radius 3 is 2.27 bits per heavy atom. The molecule has 0 radical (unpaired) electrons. The van der Waals surface area contributed by atoms with E-state index >= 15 is 0 Å². The van der Waals surface area contributed by atoms with E-state index in [0.29, 0.717) is 6.42 Å². The van der Waals surface area contributed by atoms with E-state index < -0.39 is 29.0 Å². The fourth-order valence-corrected chi connectivity index (χ4v) is 2.70. The molecule has 4 N–H and O–H groups in total. The summed E-state index contributed by atoms with van der Waals surface area (Å²) in [6.45, 7) is 7.11. The Hall–Kier alpha value is -0.650. The third-order valence-corrected chi connectivity index (χ3v) is 3.31. The van der Waals surface area contributed by atoms with E-state index in [1.165, 1.54) is 0 Å². The van der Waals surface area contributed by atoms with E-state index in [9.17, 15) is 10.0 Å². The zero-order valence-corrected chi connectivity index (χ0v) is 9.69. The van der Waals surface area contributed by atoms with Crippen molar-refractivity contribution in [3.8, 4) is 0 Å². The van der Waals surface area contributed by atoms with Gasteiger partial charge < -0.3 is 16.0 Å². The average molecular weight is 216 g/mol. The second-order valence-corrected chi connectivity index (χ2v) is 5.46. The van der Waals surface area contributed by atoms with Gasteiger partial charge in [-0.25, -0.2) is 0 Å². The molecule has 1 heterocycles. The molecule has 15 heavy (non-hydrogen) atoms. The van der Waals surface area contributed by atoms with Crippen LogP contribution in [0.15, 0.2) is 0 Å². The van der Waals surface area contributed by atoms with Crippen molar-refractivity contribution in [3.05, 3.63) is 0 Å². The topological polar surface area (TPSA) is 86.8 Å². The molecule has 0 saturated carbocycles. The molecular formula is C10H20N2O3. The minimum absolute atomic E-state index is 0.434. The van der Waals surface area contributed by atoms with Crippen LogP contribution < -0.4 is 5.73 Å². The molecule has 1 fully saturated rings. The lowest BCUT2D eigenvalue weighted by molar-refractivity contribution is -0.262. The zero-order valence-electron chi connectivity index (χ0n) is 9.69. The normalized spacial score (nSPS) is 35.1. The van der Waals surface area contributed by atoms with Gasteiger partial charge in [0.1, 0.15) is 0 Å². The van der Waals surface area contributed by atoms with Crippen molar-refractivity contribution >= 4 is 5.97 Å². The number of hydrogen-bond donors (Lipinski definition) is 3. The van der Waals surface area contributed by atoms with E-state index in [-0.39, 0.29) is 0 Å². The second-order valence-electron chi connectivity index (χ2n) is 5.46. The highest BCUT2D eigenvalue weighted by molar-refractivity contribution is 5.73. The lowest BCUT2D eigenvalue weighted by atomic mass is 9.71. The highest BCUT2D eigenvalue weighted by Gasteiger charge is 2.53. The Kier molecular flexibility index (Phi) is 2.84. The van der Waals surface area contributed by atoms with Gasteiger partial charge in [-0.05, 0) is 34.1 Å². The molecule has 1 saturated heterocycles. The van der Waals surface area contributed by atoms with Crippen LogP contribution in [0.2, 0.25) is 0 Å². The summed E-state index contributed by atoms with van der Waals surface area (Å²) in [5, 5.41) is 20.3. The Balaban J connectivity index is 3.10. The number of carbonyl (C=O) groups is 1. The van der Waals surface area contributed by atoms with Gasteiger partial charge in [0, 0.05) is 11.6 Å². The highest BCUT2D eigenvalue weighted by atomic mass is 16.5. The number of nitrogens with zero attached hydrogens (tertiary/aromatic N) is 1. The van der Waals surface area contributed by atoms with Crippen molar-refractivity contribution in [2.45, 2.75) is 51.2 Å². The summed E-state index contributed by atoms with van der Waals surface area (Å²) in [4.78, 5) is 11.1. The molecule has 1 aliphatic heterocycles. The van der Waals surface area contributed by atoms with Gasteiger partial charge in [0.05, 0.1) is 11.5 Å². The molecule has 1 rings (SSSR count). The Bertz CT molecular complexity index is 276. The van der Waals surface area contributed by atoms with Crippen molar-refractivity contribution in [1.29, 1.82) is 0 Å². The quantitative estimate of drug-likeness (QED) is 0.599. The van der Waals surface area contributed by atoms with Crippen LogP contribution in [-0.4, -0.2) is 38.5 Å². The lowest BCUT2D eigenvalue weighted by Gasteiger charge is -2.53. The maximum absolute atomic E-state index is 11.1. The smallest absolute Gasteiger partial charge is 0.310 e. The van der Waals surface area contributed by atoms with Crippen molar-refractivity contribution in [1.82, 2.24) is 5.06 Å². The molecule has 0 spiro atoms. The van der Waals surface area contributed by atoms with Gasteiger partial charge in [0.2, 0.25) is 0 Å². The van der Waals surface area contributed by atoms with Crippen LogP contribution in [-0.2, 0) is 4.79 Å². The Morgan fingerprint density at radius 1 is 1.40 bits per heavy atom. The first-order chi connectivity index (χ1) is 6.60. The van der Waals surface area contributed by atoms with Gasteiger partial charge in [0.25, 0.3) is 0 Å². The Morgan fingerprint density at radius 2 is 1.87 bits per heavy atom. The monoisotopic (exact) mass is 216 g/mol. The molecule has 0 aromatic carbocycles. The van der Waals surface area contributed by atoms with Gasteiger partial charge in [0.15, 0.2) is 0 Å². The van der Waals surface area contributed by atoms with Crippen LogP contribution in [0.3, 0.4) is 0 Å². The SMILES string of the molecule is CC1(C)C[C@@H](N)[C@@H](C(=O)O)C(C)(C)N1O. The molecule has 0 aromatic heterocycles. The highest BCUT2D eigenvalue weighted by Crippen LogP contribution is 2.40. The van der Waals surface area contributed by atoms with Crippen molar-refractivity contribution < 1.29 is 15.1 Å². The summed E-state index contributed by atoms with van der Waals surface area (Å²) < 4.78 is 0. The van der Waals surface area contributed by atoms with Crippen molar-refractivity contribution in [2.24, 2.45) is 11.7 Å². The van der Waals surface area contributed by atoms with Crippen LogP contribution >= 0.6 is 0 Å². The predicted molar refractivity (Wildman–Crippen MR) is 55.5 cm³/mol. The molecule has 0 unspecified atom stereocenters. The maximum Gasteiger partial charge on any atom is 0.310 e.